The maximum Gasteiger partial charge on any atom is 0.0782 e. The maximum atomic E-state index is 6.19. The highest BCUT2D eigenvalue weighted by molar-refractivity contribution is 6.48. The van der Waals surface area contributed by atoms with E-state index in [-0.39, 0.29) is 6.04 Å². The molecule has 94 valence electrons. The highest BCUT2D eigenvalue weighted by atomic mass is 35.5. The minimum Gasteiger partial charge on any atom is -0.377 e. The maximum absolute atomic E-state index is 6.19. The van der Waals surface area contributed by atoms with Gasteiger partial charge >= 0.3 is 0 Å². The Kier molecular flexibility index (Phi) is 4.33. The summed E-state index contributed by atoms with van der Waals surface area (Å²) in [5, 5.41) is 4.62. The molecule has 1 aromatic carbocycles. The number of hydrogen-bond donors (Lipinski definition) is 1. The average molecular weight is 302 g/mol. The van der Waals surface area contributed by atoms with Gasteiger partial charge in [0.05, 0.1) is 26.8 Å². The smallest absolute Gasteiger partial charge is 0.0782 e. The number of hydrogen-bond acceptors (Lipinski definition) is 2. The first kappa shape index (κ1) is 13.5. The van der Waals surface area contributed by atoms with E-state index < -0.39 is 0 Å². The lowest BCUT2D eigenvalue weighted by atomic mass is 10.1. The summed E-state index contributed by atoms with van der Waals surface area (Å²) in [6, 6.07) is 7.42. The van der Waals surface area contributed by atoms with E-state index in [2.05, 4.69) is 10.3 Å². The van der Waals surface area contributed by atoms with E-state index in [1.54, 1.807) is 18.5 Å². The summed E-state index contributed by atoms with van der Waals surface area (Å²) >= 11 is 18.1. The lowest BCUT2D eigenvalue weighted by molar-refractivity contribution is 0.883. The summed E-state index contributed by atoms with van der Waals surface area (Å²) in [5.41, 5.74) is 1.82. The molecule has 2 rings (SSSR count). The van der Waals surface area contributed by atoms with Crippen LogP contribution in [0.2, 0.25) is 15.1 Å². The third-order valence-electron chi connectivity index (χ3n) is 2.58. The van der Waals surface area contributed by atoms with Crippen LogP contribution >= 0.6 is 34.8 Å². The first-order valence-electron chi connectivity index (χ1n) is 5.39. The fourth-order valence-electron chi connectivity index (χ4n) is 1.65. The van der Waals surface area contributed by atoms with Gasteiger partial charge in [-0.2, -0.15) is 0 Å². The molecule has 0 radical (unpaired) electrons. The normalized spacial score (nSPS) is 12.2. The van der Waals surface area contributed by atoms with Crippen LogP contribution in [-0.2, 0) is 0 Å². The molecule has 1 atom stereocenters. The fraction of sp³-hybridized carbons (Fsp3) is 0.154. The van der Waals surface area contributed by atoms with Crippen LogP contribution in [0, 0.1) is 0 Å². The standard InChI is InChI=1S/C13H11Cl3N2/c1-8(18-9-3-2-6-17-7-9)10-4-5-11(14)13(16)12(10)15/h2-8,18H,1H3. The van der Waals surface area contributed by atoms with Gasteiger partial charge in [-0.05, 0) is 30.7 Å². The lowest BCUT2D eigenvalue weighted by Crippen LogP contribution is -2.07. The van der Waals surface area contributed by atoms with E-state index in [4.69, 9.17) is 34.8 Å². The Bertz CT molecular complexity index is 543. The number of nitrogens with zero attached hydrogens (tertiary/aromatic N) is 1. The molecule has 2 nitrogen and oxygen atoms in total. The van der Waals surface area contributed by atoms with Gasteiger partial charge in [0.1, 0.15) is 0 Å². The first-order valence-corrected chi connectivity index (χ1v) is 6.53. The van der Waals surface area contributed by atoms with Gasteiger partial charge in [0, 0.05) is 12.4 Å². The first-order chi connectivity index (χ1) is 8.59. The van der Waals surface area contributed by atoms with Crippen LogP contribution in [0.3, 0.4) is 0 Å². The third kappa shape index (κ3) is 2.89. The Morgan fingerprint density at radius 1 is 1.11 bits per heavy atom. The van der Waals surface area contributed by atoms with Gasteiger partial charge in [-0.25, -0.2) is 0 Å². The van der Waals surface area contributed by atoms with E-state index in [0.29, 0.717) is 15.1 Å². The molecule has 0 aliphatic carbocycles. The molecule has 1 unspecified atom stereocenters. The van der Waals surface area contributed by atoms with E-state index in [1.165, 1.54) is 0 Å². The zero-order valence-electron chi connectivity index (χ0n) is 9.62. The van der Waals surface area contributed by atoms with Crippen LogP contribution in [0.15, 0.2) is 36.7 Å². The molecule has 18 heavy (non-hydrogen) atoms. The number of halogens is 3. The van der Waals surface area contributed by atoms with Gasteiger partial charge in [0.25, 0.3) is 0 Å². The number of rotatable bonds is 3. The molecular weight excluding hydrogens is 291 g/mol. The zero-order valence-corrected chi connectivity index (χ0v) is 11.9. The minimum atomic E-state index is 0.0106. The Hall–Kier alpha value is -0.960. The predicted octanol–water partition coefficient (Wildman–Crippen LogP) is 5.21. The molecule has 0 spiro atoms. The number of pyridine rings is 1. The second kappa shape index (κ2) is 5.79. The third-order valence-corrected chi connectivity index (χ3v) is 3.88. The SMILES string of the molecule is CC(Nc1cccnc1)c1ccc(Cl)c(Cl)c1Cl. The van der Waals surface area contributed by atoms with Crippen molar-refractivity contribution in [3.8, 4) is 0 Å². The molecule has 1 N–H and O–H groups in total. The summed E-state index contributed by atoms with van der Waals surface area (Å²) in [5.74, 6) is 0. The molecule has 0 amide bonds. The van der Waals surface area contributed by atoms with E-state index in [9.17, 15) is 0 Å². The van der Waals surface area contributed by atoms with Crippen molar-refractivity contribution in [1.29, 1.82) is 0 Å². The molecule has 1 heterocycles. The minimum absolute atomic E-state index is 0.0106. The number of benzene rings is 1. The van der Waals surface area contributed by atoms with Crippen molar-refractivity contribution < 1.29 is 0 Å². The van der Waals surface area contributed by atoms with Crippen LogP contribution in [0.5, 0.6) is 0 Å². The van der Waals surface area contributed by atoms with E-state index >= 15 is 0 Å². The quantitative estimate of drug-likeness (QED) is 0.787. The Labute approximate surface area is 121 Å². The van der Waals surface area contributed by atoms with Crippen molar-refractivity contribution in [3.63, 3.8) is 0 Å². The van der Waals surface area contributed by atoms with Crippen LogP contribution in [0.4, 0.5) is 5.69 Å². The molecule has 0 fully saturated rings. The van der Waals surface area contributed by atoms with Crippen molar-refractivity contribution in [2.45, 2.75) is 13.0 Å². The summed E-state index contributed by atoms with van der Waals surface area (Å²) in [6.07, 6.45) is 3.48. The van der Waals surface area contributed by atoms with Gasteiger partial charge in [-0.3, -0.25) is 4.98 Å². The van der Waals surface area contributed by atoms with Crippen LogP contribution in [-0.4, -0.2) is 4.98 Å². The van der Waals surface area contributed by atoms with Gasteiger partial charge in [0.2, 0.25) is 0 Å². The van der Waals surface area contributed by atoms with E-state index in [1.807, 2.05) is 25.1 Å². The second-order valence-corrected chi connectivity index (χ2v) is 5.04. The van der Waals surface area contributed by atoms with Crippen molar-refractivity contribution in [3.05, 3.63) is 57.3 Å². The van der Waals surface area contributed by atoms with Gasteiger partial charge < -0.3 is 5.32 Å². The molecular formula is C13H11Cl3N2. The van der Waals surface area contributed by atoms with Gasteiger partial charge in [0.15, 0.2) is 0 Å². The largest absolute Gasteiger partial charge is 0.377 e. The highest BCUT2D eigenvalue weighted by Crippen LogP contribution is 2.36. The summed E-state index contributed by atoms with van der Waals surface area (Å²) < 4.78 is 0. The summed E-state index contributed by atoms with van der Waals surface area (Å²) in [7, 11) is 0. The Morgan fingerprint density at radius 3 is 2.56 bits per heavy atom. The average Bonchev–Trinajstić information content (AvgIpc) is 2.37. The molecule has 5 heteroatoms. The second-order valence-electron chi connectivity index (χ2n) is 3.87. The molecule has 0 saturated carbocycles. The summed E-state index contributed by atoms with van der Waals surface area (Å²) in [6.45, 7) is 2.00. The zero-order chi connectivity index (χ0) is 13.1. The molecule has 1 aromatic heterocycles. The molecule has 0 aliphatic heterocycles. The Morgan fingerprint density at radius 2 is 1.89 bits per heavy atom. The lowest BCUT2D eigenvalue weighted by Gasteiger charge is -2.17. The van der Waals surface area contributed by atoms with E-state index in [0.717, 1.165) is 11.3 Å². The predicted molar refractivity (Wildman–Crippen MR) is 77.7 cm³/mol. The number of nitrogens with one attached hydrogen (secondary N) is 1. The van der Waals surface area contributed by atoms with Crippen molar-refractivity contribution in [1.82, 2.24) is 4.98 Å². The fourth-order valence-corrected chi connectivity index (χ4v) is 2.36. The van der Waals surface area contributed by atoms with Gasteiger partial charge in [-0.15, -0.1) is 0 Å². The van der Waals surface area contributed by atoms with Crippen molar-refractivity contribution in [2.75, 3.05) is 5.32 Å². The molecule has 0 aliphatic rings. The molecule has 0 bridgehead atoms. The van der Waals surface area contributed by atoms with Crippen molar-refractivity contribution >= 4 is 40.5 Å². The topological polar surface area (TPSA) is 24.9 Å². The summed E-state index contributed by atoms with van der Waals surface area (Å²) in [4.78, 5) is 4.04. The molecule has 2 aromatic rings. The highest BCUT2D eigenvalue weighted by Gasteiger charge is 2.14. The molecule has 0 saturated heterocycles. The Balaban J connectivity index is 2.24. The van der Waals surface area contributed by atoms with Crippen LogP contribution in [0.25, 0.3) is 0 Å². The number of anilines is 1. The van der Waals surface area contributed by atoms with Crippen LogP contribution < -0.4 is 5.32 Å². The van der Waals surface area contributed by atoms with Crippen molar-refractivity contribution in [2.24, 2.45) is 0 Å². The number of aromatic nitrogens is 1. The van der Waals surface area contributed by atoms with Crippen LogP contribution in [0.1, 0.15) is 18.5 Å². The van der Waals surface area contributed by atoms with Gasteiger partial charge in [-0.1, -0.05) is 40.9 Å². The monoisotopic (exact) mass is 300 g/mol.